The number of phosphoric ester groups is 2. The first kappa shape index (κ1) is 95.1. The fraction of sp³-hybridized carbons (Fsp3) is 0.949. The van der Waals surface area contributed by atoms with Gasteiger partial charge in [-0.05, 0) is 49.4 Å². The molecule has 97 heavy (non-hydrogen) atoms. The van der Waals surface area contributed by atoms with Gasteiger partial charge in [-0.25, -0.2) is 9.13 Å². The summed E-state index contributed by atoms with van der Waals surface area (Å²) < 4.78 is 68.6. The summed E-state index contributed by atoms with van der Waals surface area (Å²) in [6.45, 7) is 14.2. The Bertz CT molecular complexity index is 1910. The first-order chi connectivity index (χ1) is 46.7. The lowest BCUT2D eigenvalue weighted by Crippen LogP contribution is -2.30. The fourth-order valence-corrected chi connectivity index (χ4v) is 13.4. The second kappa shape index (κ2) is 67.2. The van der Waals surface area contributed by atoms with Crippen LogP contribution < -0.4 is 0 Å². The lowest BCUT2D eigenvalue weighted by molar-refractivity contribution is -0.161. The molecule has 0 aliphatic carbocycles. The zero-order chi connectivity index (χ0) is 71.7. The van der Waals surface area contributed by atoms with Crippen molar-refractivity contribution in [3.63, 3.8) is 0 Å². The van der Waals surface area contributed by atoms with Crippen LogP contribution in [0.4, 0.5) is 0 Å². The third kappa shape index (κ3) is 69.5. The van der Waals surface area contributed by atoms with E-state index in [1.807, 2.05) is 0 Å². The lowest BCUT2D eigenvalue weighted by Gasteiger charge is -2.21. The molecular weight excluding hydrogens is 1270 g/mol. The van der Waals surface area contributed by atoms with Gasteiger partial charge in [0.25, 0.3) is 0 Å². The third-order valence-electron chi connectivity index (χ3n) is 18.8. The van der Waals surface area contributed by atoms with Crippen molar-refractivity contribution in [1.29, 1.82) is 0 Å². The number of ether oxygens (including phenoxy) is 4. The van der Waals surface area contributed by atoms with Crippen LogP contribution in [-0.4, -0.2) is 96.7 Å². The molecule has 3 N–H and O–H groups in total. The highest BCUT2D eigenvalue weighted by molar-refractivity contribution is 7.47. The molecule has 0 rings (SSSR count). The van der Waals surface area contributed by atoms with Gasteiger partial charge in [0.15, 0.2) is 12.2 Å². The molecule has 0 aromatic rings. The van der Waals surface area contributed by atoms with Crippen molar-refractivity contribution < 1.29 is 80.2 Å². The number of phosphoric acid groups is 2. The summed E-state index contributed by atoms with van der Waals surface area (Å²) in [5.74, 6) is 0.981. The van der Waals surface area contributed by atoms with Gasteiger partial charge in [0.05, 0.1) is 26.4 Å². The van der Waals surface area contributed by atoms with E-state index >= 15 is 0 Å². The largest absolute Gasteiger partial charge is 0.472 e. The van der Waals surface area contributed by atoms with Crippen molar-refractivity contribution in [2.45, 2.75) is 414 Å². The van der Waals surface area contributed by atoms with E-state index in [-0.39, 0.29) is 25.7 Å². The number of hydrogen-bond acceptors (Lipinski definition) is 15. The minimum absolute atomic E-state index is 0.105. The standard InChI is InChI=1S/C78H152O17P2/c1-9-70(7)56-48-40-32-28-29-35-45-53-61-78(83)95-73(64-88-75(80)58-50-42-33-26-22-18-13-11-12-16-20-24-30-38-46-54-68(3)4)66-92-96(84,85)90-62-72(79)63-91-97(86,87)93-67-74(65-89-76(81)59-51-43-37-36-41-49-57-71(8)10-2)94-77(82)60-52-44-34-27-23-19-15-14-17-21-25-31-39-47-55-69(5)6/h68-74,79H,9-67H2,1-8H3,(H,84,85)(H,86,87)/t70?,71?,72-,73-,74-/m1/s1. The molecule has 4 unspecified atom stereocenters. The van der Waals surface area contributed by atoms with E-state index in [1.165, 1.54) is 193 Å². The molecule has 19 heteroatoms. The molecule has 576 valence electrons. The molecule has 0 aromatic heterocycles. The Morgan fingerprint density at radius 3 is 0.732 bits per heavy atom. The van der Waals surface area contributed by atoms with Crippen molar-refractivity contribution in [1.82, 2.24) is 0 Å². The Balaban J connectivity index is 5.22. The minimum Gasteiger partial charge on any atom is -0.462 e. The molecule has 17 nitrogen and oxygen atoms in total. The molecular formula is C78H152O17P2. The topological polar surface area (TPSA) is 237 Å². The van der Waals surface area contributed by atoms with Gasteiger partial charge in [0, 0.05) is 25.7 Å². The number of aliphatic hydroxyl groups is 1. The number of carbonyl (C=O) groups excluding carboxylic acids is 4. The number of carbonyl (C=O) groups is 4. The second-order valence-corrected chi connectivity index (χ2v) is 32.4. The van der Waals surface area contributed by atoms with Crippen molar-refractivity contribution in [3.8, 4) is 0 Å². The normalized spacial score (nSPS) is 14.6. The zero-order valence-electron chi connectivity index (χ0n) is 63.7. The van der Waals surface area contributed by atoms with Crippen LogP contribution in [0.25, 0.3) is 0 Å². The zero-order valence-corrected chi connectivity index (χ0v) is 65.5. The molecule has 0 heterocycles. The van der Waals surface area contributed by atoms with E-state index in [0.29, 0.717) is 25.7 Å². The monoisotopic (exact) mass is 1420 g/mol. The van der Waals surface area contributed by atoms with E-state index in [1.54, 1.807) is 0 Å². The maximum atomic E-state index is 13.1. The number of unbranched alkanes of at least 4 members (excludes halogenated alkanes) is 39. The molecule has 0 bridgehead atoms. The third-order valence-corrected chi connectivity index (χ3v) is 20.7. The highest BCUT2D eigenvalue weighted by Crippen LogP contribution is 2.45. The van der Waals surface area contributed by atoms with Crippen molar-refractivity contribution in [2.24, 2.45) is 23.7 Å². The van der Waals surface area contributed by atoms with Gasteiger partial charge in [-0.1, -0.05) is 344 Å². The van der Waals surface area contributed by atoms with Crippen LogP contribution >= 0.6 is 15.6 Å². The summed E-state index contributed by atoms with van der Waals surface area (Å²) >= 11 is 0. The van der Waals surface area contributed by atoms with E-state index in [9.17, 15) is 43.2 Å². The molecule has 0 saturated heterocycles. The molecule has 0 fully saturated rings. The maximum Gasteiger partial charge on any atom is 0.472 e. The fourth-order valence-electron chi connectivity index (χ4n) is 11.8. The van der Waals surface area contributed by atoms with Crippen molar-refractivity contribution in [3.05, 3.63) is 0 Å². The molecule has 0 aliphatic heterocycles. The first-order valence-corrected chi connectivity index (χ1v) is 43.3. The maximum absolute atomic E-state index is 13.1. The Morgan fingerprint density at radius 1 is 0.289 bits per heavy atom. The highest BCUT2D eigenvalue weighted by Gasteiger charge is 2.30. The second-order valence-electron chi connectivity index (χ2n) is 29.5. The summed E-state index contributed by atoms with van der Waals surface area (Å²) in [7, 11) is -9.92. The summed E-state index contributed by atoms with van der Waals surface area (Å²) in [6.07, 6.45) is 52.7. The summed E-state index contributed by atoms with van der Waals surface area (Å²) in [5, 5.41) is 10.6. The van der Waals surface area contributed by atoms with Crippen LogP contribution in [0.3, 0.4) is 0 Å². The SMILES string of the molecule is CCC(C)CCCCCCCCCCC(=O)O[C@H](COC(=O)CCCCCCCCCCCCCCCCCC(C)C)COP(=O)(O)OC[C@@H](O)COP(=O)(O)OC[C@@H](COC(=O)CCCCCCCCC(C)CC)OC(=O)CCCCCCCCCCCCCCCCC(C)C. The average Bonchev–Trinajstić information content (AvgIpc) is 1.24. The van der Waals surface area contributed by atoms with Crippen LogP contribution in [0.5, 0.6) is 0 Å². The van der Waals surface area contributed by atoms with Crippen LogP contribution in [0.1, 0.15) is 396 Å². The number of esters is 4. The Labute approximate surface area is 594 Å². The number of rotatable bonds is 75. The van der Waals surface area contributed by atoms with E-state index < -0.39 is 97.5 Å². The number of aliphatic hydroxyl groups excluding tert-OH is 1. The summed E-state index contributed by atoms with van der Waals surface area (Å²) in [6, 6.07) is 0. The molecule has 7 atom stereocenters. The van der Waals surface area contributed by atoms with Crippen LogP contribution in [-0.2, 0) is 65.4 Å². The molecule has 0 spiro atoms. The van der Waals surface area contributed by atoms with Gasteiger partial charge in [-0.15, -0.1) is 0 Å². The van der Waals surface area contributed by atoms with E-state index in [0.717, 1.165) is 120 Å². The van der Waals surface area contributed by atoms with Crippen molar-refractivity contribution in [2.75, 3.05) is 39.6 Å². The Morgan fingerprint density at radius 2 is 0.495 bits per heavy atom. The van der Waals surface area contributed by atoms with E-state index in [2.05, 4.69) is 55.4 Å². The summed E-state index contributed by atoms with van der Waals surface area (Å²) in [5.41, 5.74) is 0. The van der Waals surface area contributed by atoms with Crippen LogP contribution in [0.2, 0.25) is 0 Å². The van der Waals surface area contributed by atoms with Gasteiger partial charge in [-0.2, -0.15) is 0 Å². The van der Waals surface area contributed by atoms with Gasteiger partial charge >= 0.3 is 39.5 Å². The molecule has 0 radical (unpaired) electrons. The van der Waals surface area contributed by atoms with E-state index in [4.69, 9.17) is 37.0 Å². The van der Waals surface area contributed by atoms with Crippen LogP contribution in [0.15, 0.2) is 0 Å². The van der Waals surface area contributed by atoms with Gasteiger partial charge in [0.2, 0.25) is 0 Å². The molecule has 0 aliphatic rings. The molecule has 0 saturated carbocycles. The quantitative estimate of drug-likeness (QED) is 0.0222. The minimum atomic E-state index is -4.96. The van der Waals surface area contributed by atoms with Gasteiger partial charge < -0.3 is 33.8 Å². The van der Waals surface area contributed by atoms with Crippen LogP contribution in [0, 0.1) is 23.7 Å². The summed E-state index contributed by atoms with van der Waals surface area (Å²) in [4.78, 5) is 72.9. The predicted molar refractivity (Wildman–Crippen MR) is 395 cm³/mol. The molecule has 0 amide bonds. The van der Waals surface area contributed by atoms with Gasteiger partial charge in [0.1, 0.15) is 19.3 Å². The smallest absolute Gasteiger partial charge is 0.462 e. The van der Waals surface area contributed by atoms with Gasteiger partial charge in [-0.3, -0.25) is 37.3 Å². The highest BCUT2D eigenvalue weighted by atomic mass is 31.2. The lowest BCUT2D eigenvalue weighted by atomic mass is 9.99. The predicted octanol–water partition coefficient (Wildman–Crippen LogP) is 22.8. The Kier molecular flexibility index (Phi) is 65.9. The molecule has 0 aromatic carbocycles. The average molecular weight is 1420 g/mol. The first-order valence-electron chi connectivity index (χ1n) is 40.3. The number of hydrogen-bond donors (Lipinski definition) is 3. The van der Waals surface area contributed by atoms with Crippen molar-refractivity contribution >= 4 is 39.5 Å². The Hall–Kier alpha value is -1.94.